The summed E-state index contributed by atoms with van der Waals surface area (Å²) in [6.07, 6.45) is 1.00. The van der Waals surface area contributed by atoms with Crippen LogP contribution in [0, 0.1) is 0 Å². The number of amides is 1. The highest BCUT2D eigenvalue weighted by molar-refractivity contribution is 5.84. The lowest BCUT2D eigenvalue weighted by molar-refractivity contribution is -0.136. The van der Waals surface area contributed by atoms with Crippen molar-refractivity contribution in [1.29, 1.82) is 0 Å². The van der Waals surface area contributed by atoms with Crippen LogP contribution in [0.15, 0.2) is 24.3 Å². The maximum Gasteiger partial charge on any atom is 0.323 e. The molecule has 2 N–H and O–H groups in total. The molecule has 0 radical (unpaired) electrons. The third kappa shape index (κ3) is 3.69. The fourth-order valence-corrected chi connectivity index (χ4v) is 2.54. The number of anilines is 1. The Morgan fingerprint density at radius 1 is 1.36 bits per heavy atom. The Bertz CT molecular complexity index is 543. The molecule has 6 nitrogen and oxygen atoms in total. The lowest BCUT2D eigenvalue weighted by Gasteiger charge is -2.35. The molecule has 1 aromatic rings. The number of rotatable bonds is 6. The van der Waals surface area contributed by atoms with Gasteiger partial charge < -0.3 is 20.1 Å². The first-order valence-corrected chi connectivity index (χ1v) is 7.57. The molecular formula is C16H22N2O4. The third-order valence-electron chi connectivity index (χ3n) is 3.81. The monoisotopic (exact) mass is 306 g/mol. The van der Waals surface area contributed by atoms with Crippen LogP contribution in [-0.2, 0) is 9.59 Å². The highest BCUT2D eigenvalue weighted by Crippen LogP contribution is 2.32. The van der Waals surface area contributed by atoms with Crippen LogP contribution < -0.4 is 15.0 Å². The van der Waals surface area contributed by atoms with Gasteiger partial charge in [0.2, 0.25) is 0 Å². The number of carboxylic acids is 1. The summed E-state index contributed by atoms with van der Waals surface area (Å²) in [6.45, 7) is 4.11. The molecule has 0 bridgehead atoms. The number of aliphatic carboxylic acids is 1. The summed E-state index contributed by atoms with van der Waals surface area (Å²) in [5, 5.41) is 12.0. The maximum absolute atomic E-state index is 12.4. The van der Waals surface area contributed by atoms with E-state index in [9.17, 15) is 9.59 Å². The summed E-state index contributed by atoms with van der Waals surface area (Å²) in [4.78, 5) is 25.1. The summed E-state index contributed by atoms with van der Waals surface area (Å²) in [5.74, 6) is -0.589. The number of benzene rings is 1. The molecule has 0 unspecified atom stereocenters. The summed E-state index contributed by atoms with van der Waals surface area (Å²) in [7, 11) is 0. The Morgan fingerprint density at radius 2 is 2.05 bits per heavy atom. The van der Waals surface area contributed by atoms with Crippen LogP contribution in [0.25, 0.3) is 0 Å². The van der Waals surface area contributed by atoms with Crippen molar-refractivity contribution < 1.29 is 19.4 Å². The van der Waals surface area contributed by atoms with Gasteiger partial charge in [0, 0.05) is 6.04 Å². The third-order valence-corrected chi connectivity index (χ3v) is 3.81. The Balaban J connectivity index is 2.15. The van der Waals surface area contributed by atoms with Gasteiger partial charge in [-0.05, 0) is 25.0 Å². The molecule has 6 heteroatoms. The van der Waals surface area contributed by atoms with E-state index in [1.54, 1.807) is 23.1 Å². The average molecular weight is 306 g/mol. The molecule has 120 valence electrons. The van der Waals surface area contributed by atoms with Crippen molar-refractivity contribution in [3.63, 3.8) is 0 Å². The van der Waals surface area contributed by atoms with E-state index < -0.39 is 12.1 Å². The van der Waals surface area contributed by atoms with Gasteiger partial charge in [-0.3, -0.25) is 9.59 Å². The number of hydrogen-bond acceptors (Lipinski definition) is 4. The number of ether oxygens (including phenoxy) is 1. The van der Waals surface area contributed by atoms with E-state index in [4.69, 9.17) is 9.84 Å². The van der Waals surface area contributed by atoms with Gasteiger partial charge in [-0.15, -0.1) is 0 Å². The second-order valence-electron chi connectivity index (χ2n) is 5.37. The van der Waals surface area contributed by atoms with Gasteiger partial charge in [0.15, 0.2) is 6.10 Å². The van der Waals surface area contributed by atoms with Crippen molar-refractivity contribution in [2.75, 3.05) is 18.0 Å². The molecule has 0 saturated carbocycles. The van der Waals surface area contributed by atoms with E-state index in [0.29, 0.717) is 11.4 Å². The predicted molar refractivity (Wildman–Crippen MR) is 83.2 cm³/mol. The van der Waals surface area contributed by atoms with Gasteiger partial charge in [0.25, 0.3) is 5.91 Å². The highest BCUT2D eigenvalue weighted by atomic mass is 16.5. The summed E-state index contributed by atoms with van der Waals surface area (Å²) < 4.78 is 5.75. The van der Waals surface area contributed by atoms with Crippen molar-refractivity contribution in [2.24, 2.45) is 0 Å². The number of nitrogens with zero attached hydrogens (tertiary/aromatic N) is 1. The predicted octanol–water partition coefficient (Wildman–Crippen LogP) is 1.64. The fourth-order valence-electron chi connectivity index (χ4n) is 2.54. The zero-order valence-electron chi connectivity index (χ0n) is 12.9. The normalized spacial score (nSPS) is 16.9. The molecule has 0 spiro atoms. The molecule has 2 rings (SSSR count). The molecule has 0 aliphatic carbocycles. The van der Waals surface area contributed by atoms with E-state index in [1.807, 2.05) is 19.9 Å². The van der Waals surface area contributed by atoms with Gasteiger partial charge in [-0.25, -0.2) is 0 Å². The van der Waals surface area contributed by atoms with Crippen LogP contribution in [-0.4, -0.2) is 42.2 Å². The van der Waals surface area contributed by atoms with Crippen molar-refractivity contribution in [2.45, 2.75) is 38.8 Å². The van der Waals surface area contributed by atoms with Crippen LogP contribution in [0.2, 0.25) is 0 Å². The largest absolute Gasteiger partial charge is 0.480 e. The number of fused-ring (bicyclic) bond motifs is 1. The Morgan fingerprint density at radius 3 is 2.68 bits per heavy atom. The standard InChI is InChI=1S/C16H22N2O4/c1-3-11(4-2)17-16(21)14-9-18(10-15(19)20)12-7-5-6-8-13(12)22-14/h5-8,11,14H,3-4,9-10H2,1-2H3,(H,17,21)(H,19,20)/t14-/m1/s1. The minimum Gasteiger partial charge on any atom is -0.480 e. The number of carboxylic acid groups (broad SMARTS) is 1. The average Bonchev–Trinajstić information content (AvgIpc) is 2.51. The quantitative estimate of drug-likeness (QED) is 0.835. The molecule has 1 aliphatic rings. The zero-order chi connectivity index (χ0) is 16.1. The van der Waals surface area contributed by atoms with E-state index in [-0.39, 0.29) is 25.0 Å². The molecule has 0 aromatic heterocycles. The molecule has 1 aliphatic heterocycles. The highest BCUT2D eigenvalue weighted by Gasteiger charge is 2.32. The molecule has 1 aromatic carbocycles. The van der Waals surface area contributed by atoms with Gasteiger partial charge in [0.1, 0.15) is 12.3 Å². The van der Waals surface area contributed by atoms with Crippen LogP contribution in [0.4, 0.5) is 5.69 Å². The summed E-state index contributed by atoms with van der Waals surface area (Å²) >= 11 is 0. The van der Waals surface area contributed by atoms with Crippen molar-refractivity contribution >= 4 is 17.6 Å². The molecular weight excluding hydrogens is 284 g/mol. The lowest BCUT2D eigenvalue weighted by Crippen LogP contribution is -2.52. The SMILES string of the molecule is CCC(CC)NC(=O)[C@H]1CN(CC(=O)O)c2ccccc2O1. The first-order chi connectivity index (χ1) is 10.5. The van der Waals surface area contributed by atoms with Gasteiger partial charge in [-0.2, -0.15) is 0 Å². The van der Waals surface area contributed by atoms with Gasteiger partial charge in [0.05, 0.1) is 12.2 Å². The minimum atomic E-state index is -0.934. The van der Waals surface area contributed by atoms with E-state index in [0.717, 1.165) is 12.8 Å². The van der Waals surface area contributed by atoms with Crippen LogP contribution in [0.5, 0.6) is 5.75 Å². The van der Waals surface area contributed by atoms with Crippen molar-refractivity contribution in [3.05, 3.63) is 24.3 Å². The molecule has 22 heavy (non-hydrogen) atoms. The smallest absolute Gasteiger partial charge is 0.323 e. The molecule has 1 atom stereocenters. The van der Waals surface area contributed by atoms with Gasteiger partial charge in [-0.1, -0.05) is 26.0 Å². The second kappa shape index (κ2) is 7.15. The van der Waals surface area contributed by atoms with Crippen molar-refractivity contribution in [3.8, 4) is 5.75 Å². The molecule has 0 fully saturated rings. The van der Waals surface area contributed by atoms with E-state index >= 15 is 0 Å². The van der Waals surface area contributed by atoms with Crippen LogP contribution >= 0.6 is 0 Å². The Labute approximate surface area is 130 Å². The second-order valence-corrected chi connectivity index (χ2v) is 5.37. The summed E-state index contributed by atoms with van der Waals surface area (Å²) in [6, 6.07) is 7.29. The number of carbonyl (C=O) groups is 2. The molecule has 1 amide bonds. The lowest BCUT2D eigenvalue weighted by atomic mass is 10.1. The first-order valence-electron chi connectivity index (χ1n) is 7.57. The van der Waals surface area contributed by atoms with E-state index in [1.165, 1.54) is 0 Å². The molecule has 0 saturated heterocycles. The van der Waals surface area contributed by atoms with Gasteiger partial charge >= 0.3 is 5.97 Å². The van der Waals surface area contributed by atoms with Crippen LogP contribution in [0.1, 0.15) is 26.7 Å². The minimum absolute atomic E-state index is 0.112. The Hall–Kier alpha value is -2.24. The number of para-hydroxylation sites is 2. The molecule has 1 heterocycles. The van der Waals surface area contributed by atoms with Crippen molar-refractivity contribution in [1.82, 2.24) is 5.32 Å². The zero-order valence-corrected chi connectivity index (χ0v) is 12.9. The maximum atomic E-state index is 12.4. The van der Waals surface area contributed by atoms with E-state index in [2.05, 4.69) is 5.32 Å². The number of carbonyl (C=O) groups excluding carboxylic acids is 1. The fraction of sp³-hybridized carbons (Fsp3) is 0.500. The van der Waals surface area contributed by atoms with Crippen LogP contribution in [0.3, 0.4) is 0 Å². The topological polar surface area (TPSA) is 78.9 Å². The number of hydrogen-bond donors (Lipinski definition) is 2. The first kappa shape index (κ1) is 16.1. The summed E-state index contributed by atoms with van der Waals surface area (Å²) in [5.41, 5.74) is 0.705. The number of nitrogens with one attached hydrogen (secondary N) is 1. The Kier molecular flexibility index (Phi) is 5.25.